The summed E-state index contributed by atoms with van der Waals surface area (Å²) in [7, 11) is 0. The Balaban J connectivity index is 1.16. The molecule has 3 heterocycles. The summed E-state index contributed by atoms with van der Waals surface area (Å²) in [6.07, 6.45) is 0.512. The van der Waals surface area contributed by atoms with Gasteiger partial charge < -0.3 is 24.4 Å². The summed E-state index contributed by atoms with van der Waals surface area (Å²) in [5, 5.41) is 18.9. The molecule has 1 saturated heterocycles. The molecule has 0 atom stereocenters. The topological polar surface area (TPSA) is 140 Å². The number of piperazine rings is 1. The van der Waals surface area contributed by atoms with Crippen LogP contribution in [0.25, 0.3) is 22.4 Å². The van der Waals surface area contributed by atoms with E-state index in [2.05, 4.69) is 15.4 Å². The molecular weight excluding hydrogens is 598 g/mol. The highest BCUT2D eigenvalue weighted by Crippen LogP contribution is 2.36. The second-order valence-corrected chi connectivity index (χ2v) is 11.0. The summed E-state index contributed by atoms with van der Waals surface area (Å²) in [5.41, 5.74) is 3.28. The monoisotopic (exact) mass is 627 g/mol. The van der Waals surface area contributed by atoms with Crippen LogP contribution >= 0.6 is 0 Å². The van der Waals surface area contributed by atoms with Gasteiger partial charge in [0.15, 0.2) is 0 Å². The fraction of sp³-hybridized carbons (Fsp3) is 0.143. The van der Waals surface area contributed by atoms with Crippen LogP contribution in [-0.2, 0) is 6.42 Å². The Labute approximate surface area is 269 Å². The van der Waals surface area contributed by atoms with E-state index in [0.29, 0.717) is 72.5 Å². The third-order valence-electron chi connectivity index (χ3n) is 7.85. The van der Waals surface area contributed by atoms with Gasteiger partial charge in [-0.05, 0) is 42.0 Å². The molecule has 7 rings (SSSR count). The van der Waals surface area contributed by atoms with E-state index < -0.39 is 4.92 Å². The number of carbonyl (C=O) groups is 1. The maximum atomic E-state index is 13.1. The Bertz CT molecular complexity index is 2030. The number of amides is 2. The lowest BCUT2D eigenvalue weighted by molar-refractivity contribution is -0.384. The normalized spacial score (nSPS) is 13.0. The van der Waals surface area contributed by atoms with Crippen LogP contribution in [0.3, 0.4) is 0 Å². The van der Waals surface area contributed by atoms with Crippen LogP contribution in [0.1, 0.15) is 11.4 Å². The van der Waals surface area contributed by atoms with Gasteiger partial charge in [-0.15, -0.1) is 0 Å². The number of para-hydroxylation sites is 1. The summed E-state index contributed by atoms with van der Waals surface area (Å²) < 4.78 is 11.9. The van der Waals surface area contributed by atoms with Crippen LogP contribution in [0.2, 0.25) is 0 Å². The molecule has 0 unspecified atom stereocenters. The smallest absolute Gasteiger partial charge is 0.321 e. The molecule has 4 aromatic carbocycles. The van der Waals surface area contributed by atoms with Gasteiger partial charge in [0.25, 0.3) is 11.4 Å². The van der Waals surface area contributed by atoms with E-state index in [-0.39, 0.29) is 11.7 Å². The number of nitro groups is 1. The van der Waals surface area contributed by atoms with Gasteiger partial charge in [-0.25, -0.2) is 9.78 Å². The van der Waals surface area contributed by atoms with Gasteiger partial charge in [-0.1, -0.05) is 65.8 Å². The summed E-state index contributed by atoms with van der Waals surface area (Å²) >= 11 is 0. The van der Waals surface area contributed by atoms with Crippen molar-refractivity contribution in [1.82, 2.24) is 20.0 Å². The number of nitrogens with zero attached hydrogens (tertiary/aromatic N) is 6. The molecule has 47 heavy (non-hydrogen) atoms. The van der Waals surface area contributed by atoms with Gasteiger partial charge in [0.1, 0.15) is 34.2 Å². The van der Waals surface area contributed by atoms with Gasteiger partial charge in [0.05, 0.1) is 4.92 Å². The van der Waals surface area contributed by atoms with Crippen molar-refractivity contribution in [3.05, 3.63) is 131 Å². The number of rotatable bonds is 8. The molecule has 0 radical (unpaired) electrons. The summed E-state index contributed by atoms with van der Waals surface area (Å²) in [5.74, 6) is 2.66. The fourth-order valence-corrected chi connectivity index (χ4v) is 5.48. The molecule has 1 aliphatic rings. The molecule has 1 aliphatic heterocycles. The molecule has 12 nitrogen and oxygen atoms in total. The van der Waals surface area contributed by atoms with Crippen molar-refractivity contribution in [3.63, 3.8) is 0 Å². The van der Waals surface area contributed by atoms with E-state index in [0.717, 1.165) is 16.9 Å². The largest absolute Gasteiger partial charge is 0.457 e. The lowest BCUT2D eigenvalue weighted by atomic mass is 10.1. The summed E-state index contributed by atoms with van der Waals surface area (Å²) in [4.78, 5) is 37.2. The number of fused-ring (bicyclic) bond motifs is 1. The van der Waals surface area contributed by atoms with Crippen molar-refractivity contribution in [2.75, 3.05) is 36.4 Å². The minimum atomic E-state index is -0.476. The molecule has 0 spiro atoms. The highest BCUT2D eigenvalue weighted by atomic mass is 16.6. The average Bonchev–Trinajstić information content (AvgIpc) is 3.53. The van der Waals surface area contributed by atoms with Gasteiger partial charge in [0, 0.05) is 56.0 Å². The number of ether oxygens (including phenoxy) is 1. The van der Waals surface area contributed by atoms with Gasteiger partial charge in [-0.2, -0.15) is 4.98 Å². The van der Waals surface area contributed by atoms with Crippen LogP contribution in [-0.4, -0.2) is 57.2 Å². The maximum Gasteiger partial charge on any atom is 0.321 e. The SMILES string of the molecule is O=C(Nc1ccc([N+](=O)[O-])cc1)N1CCN(c2nc(Cc3ccccc3)nc3onc(-c4cccc(Oc5ccccc5)c4)c23)CC1. The Morgan fingerprint density at radius 2 is 1.55 bits per heavy atom. The van der Waals surface area contributed by atoms with Gasteiger partial charge in [0.2, 0.25) is 0 Å². The number of hydrogen-bond acceptors (Lipinski definition) is 9. The van der Waals surface area contributed by atoms with E-state index in [1.54, 1.807) is 4.90 Å². The van der Waals surface area contributed by atoms with Crippen LogP contribution in [0, 0.1) is 10.1 Å². The number of benzene rings is 4. The predicted molar refractivity (Wildman–Crippen MR) is 177 cm³/mol. The zero-order valence-corrected chi connectivity index (χ0v) is 25.2. The molecule has 0 bridgehead atoms. The third kappa shape index (κ3) is 6.57. The van der Waals surface area contributed by atoms with Crippen molar-refractivity contribution < 1.29 is 19.0 Å². The fourth-order valence-electron chi connectivity index (χ4n) is 5.48. The number of aromatic nitrogens is 3. The van der Waals surface area contributed by atoms with Crippen LogP contribution < -0.4 is 15.0 Å². The van der Waals surface area contributed by atoms with Gasteiger partial charge >= 0.3 is 6.03 Å². The lowest BCUT2D eigenvalue weighted by Crippen LogP contribution is -2.50. The zero-order valence-electron chi connectivity index (χ0n) is 25.2. The summed E-state index contributed by atoms with van der Waals surface area (Å²) in [6, 6.07) is 32.7. The van der Waals surface area contributed by atoms with Crippen molar-refractivity contribution in [3.8, 4) is 22.8 Å². The van der Waals surface area contributed by atoms with Crippen LogP contribution in [0.4, 0.5) is 22.0 Å². The van der Waals surface area contributed by atoms with Crippen molar-refractivity contribution >= 4 is 34.3 Å². The number of nitrogens with one attached hydrogen (secondary N) is 1. The first-order valence-corrected chi connectivity index (χ1v) is 15.1. The highest BCUT2D eigenvalue weighted by molar-refractivity contribution is 5.98. The number of carbonyl (C=O) groups excluding carboxylic acids is 1. The minimum absolute atomic E-state index is 0.0389. The first-order chi connectivity index (χ1) is 23.0. The predicted octanol–water partition coefficient (Wildman–Crippen LogP) is 6.93. The zero-order chi connectivity index (χ0) is 32.2. The number of urea groups is 1. The Morgan fingerprint density at radius 3 is 2.28 bits per heavy atom. The van der Waals surface area contributed by atoms with Crippen LogP contribution in [0.5, 0.6) is 11.5 Å². The second kappa shape index (κ2) is 13.0. The molecular formula is C35H29N7O5. The van der Waals surface area contributed by atoms with E-state index in [1.807, 2.05) is 84.9 Å². The molecule has 234 valence electrons. The average molecular weight is 628 g/mol. The molecule has 12 heteroatoms. The molecule has 0 aliphatic carbocycles. The molecule has 1 fully saturated rings. The minimum Gasteiger partial charge on any atom is -0.457 e. The maximum absolute atomic E-state index is 13.1. The Kier molecular flexibility index (Phi) is 8.12. The van der Waals surface area contributed by atoms with Crippen molar-refractivity contribution in [1.29, 1.82) is 0 Å². The molecule has 6 aromatic rings. The number of non-ortho nitro benzene ring substituents is 1. The van der Waals surface area contributed by atoms with E-state index in [9.17, 15) is 14.9 Å². The number of nitro benzene ring substituents is 1. The second-order valence-electron chi connectivity index (χ2n) is 11.0. The number of anilines is 2. The third-order valence-corrected chi connectivity index (χ3v) is 7.85. The first-order valence-electron chi connectivity index (χ1n) is 15.1. The first kappa shape index (κ1) is 29.4. The van der Waals surface area contributed by atoms with E-state index in [1.165, 1.54) is 24.3 Å². The lowest BCUT2D eigenvalue weighted by Gasteiger charge is -2.35. The van der Waals surface area contributed by atoms with E-state index >= 15 is 0 Å². The Morgan fingerprint density at radius 1 is 0.851 bits per heavy atom. The van der Waals surface area contributed by atoms with E-state index in [4.69, 9.17) is 19.2 Å². The van der Waals surface area contributed by atoms with Crippen LogP contribution in [0.15, 0.2) is 114 Å². The molecule has 2 amide bonds. The standard InChI is InChI=1S/C35H29N7O5/c43-35(36-26-14-16-27(17-15-26)42(44)45)41-20-18-40(19-21-41)33-31-32(25-10-7-13-29(23-25)46-28-11-5-2-6-12-28)39-47-34(31)38-30(37-33)22-24-8-3-1-4-9-24/h1-17,23H,18-22H2,(H,36,43). The highest BCUT2D eigenvalue weighted by Gasteiger charge is 2.27. The van der Waals surface area contributed by atoms with Crippen molar-refractivity contribution in [2.45, 2.75) is 6.42 Å². The molecule has 2 aromatic heterocycles. The molecule has 0 saturated carbocycles. The quantitative estimate of drug-likeness (QED) is 0.140. The van der Waals surface area contributed by atoms with Crippen molar-refractivity contribution in [2.24, 2.45) is 0 Å². The number of hydrogen-bond donors (Lipinski definition) is 1. The molecule has 1 N–H and O–H groups in total. The Hall–Kier alpha value is -6.30. The van der Waals surface area contributed by atoms with Gasteiger partial charge in [-0.3, -0.25) is 10.1 Å². The summed E-state index contributed by atoms with van der Waals surface area (Å²) in [6.45, 7) is 1.87.